The molecular formula is C20H30O3Si. The van der Waals surface area contributed by atoms with Gasteiger partial charge in [-0.3, -0.25) is 4.79 Å². The van der Waals surface area contributed by atoms with Gasteiger partial charge >= 0.3 is 5.97 Å². The van der Waals surface area contributed by atoms with Crippen LogP contribution in [0, 0.1) is 12.8 Å². The van der Waals surface area contributed by atoms with Crippen molar-refractivity contribution in [3.63, 3.8) is 0 Å². The minimum atomic E-state index is -1.94. The quantitative estimate of drug-likeness (QED) is 0.399. The molecule has 0 aromatic heterocycles. The van der Waals surface area contributed by atoms with Crippen molar-refractivity contribution >= 4 is 14.3 Å². The van der Waals surface area contributed by atoms with Crippen molar-refractivity contribution in [3.8, 4) is 11.5 Å². The lowest BCUT2D eigenvalue weighted by Gasteiger charge is -2.40. The summed E-state index contributed by atoms with van der Waals surface area (Å²) in [6.07, 6.45) is 4.30. The van der Waals surface area contributed by atoms with E-state index in [-0.39, 0.29) is 22.8 Å². The highest BCUT2D eigenvalue weighted by Gasteiger charge is 2.44. The Hall–Kier alpha value is -1.29. The van der Waals surface area contributed by atoms with Crippen molar-refractivity contribution in [2.24, 2.45) is 5.92 Å². The average Bonchev–Trinajstić information content (AvgIpc) is 2.45. The zero-order valence-electron chi connectivity index (χ0n) is 15.9. The van der Waals surface area contributed by atoms with E-state index < -0.39 is 8.32 Å². The third kappa shape index (κ3) is 3.01. The van der Waals surface area contributed by atoms with E-state index in [4.69, 9.17) is 9.16 Å². The molecule has 0 spiro atoms. The Labute approximate surface area is 146 Å². The Kier molecular flexibility index (Phi) is 4.31. The predicted molar refractivity (Wildman–Crippen MR) is 99.3 cm³/mol. The van der Waals surface area contributed by atoms with Gasteiger partial charge in [0, 0.05) is 11.5 Å². The summed E-state index contributed by atoms with van der Waals surface area (Å²) in [5.74, 6) is 1.92. The molecule has 132 valence electrons. The van der Waals surface area contributed by atoms with Crippen LogP contribution in [0.3, 0.4) is 0 Å². The maximum Gasteiger partial charge on any atom is 0.314 e. The van der Waals surface area contributed by atoms with E-state index in [9.17, 15) is 4.79 Å². The van der Waals surface area contributed by atoms with Crippen LogP contribution in [-0.4, -0.2) is 14.3 Å². The average molecular weight is 347 g/mol. The fourth-order valence-electron chi connectivity index (χ4n) is 3.64. The summed E-state index contributed by atoms with van der Waals surface area (Å²) in [7, 11) is -1.94. The number of hydrogen-bond donors (Lipinski definition) is 0. The molecule has 0 bridgehead atoms. The van der Waals surface area contributed by atoms with Crippen LogP contribution in [0.2, 0.25) is 18.1 Å². The van der Waals surface area contributed by atoms with Gasteiger partial charge in [0.25, 0.3) is 0 Å². The molecule has 1 fully saturated rings. The minimum absolute atomic E-state index is 0.00993. The van der Waals surface area contributed by atoms with E-state index in [2.05, 4.69) is 39.9 Å². The summed E-state index contributed by atoms with van der Waals surface area (Å²) in [6, 6.07) is 4.14. The van der Waals surface area contributed by atoms with Gasteiger partial charge in [0.1, 0.15) is 11.5 Å². The standard InChI is InChI=1S/C20H30O3Si/c1-13-11-16-18(14-9-7-8-10-15(14)19(21)22-16)17(12-13)23-24(5,6)20(2,3)4/h11-12,14-15H,7-10H2,1-6H3/t14-,15+/m0/s1. The van der Waals surface area contributed by atoms with Gasteiger partial charge in [-0.25, -0.2) is 0 Å². The molecule has 1 aromatic rings. The van der Waals surface area contributed by atoms with Crippen molar-refractivity contribution in [3.05, 3.63) is 23.3 Å². The highest BCUT2D eigenvalue weighted by Crippen LogP contribution is 2.51. The summed E-state index contributed by atoms with van der Waals surface area (Å²) in [5, 5.41) is 0.140. The molecule has 2 atom stereocenters. The number of esters is 1. The Morgan fingerprint density at radius 2 is 1.75 bits per heavy atom. The SMILES string of the molecule is Cc1cc2c(c(O[Si](C)(C)C(C)(C)C)c1)[C@H]1CCCC[C@H]1C(=O)O2. The van der Waals surface area contributed by atoms with E-state index in [1.807, 2.05) is 13.0 Å². The Morgan fingerprint density at radius 1 is 1.12 bits per heavy atom. The molecular weight excluding hydrogens is 316 g/mol. The lowest BCUT2D eigenvalue weighted by atomic mass is 9.73. The van der Waals surface area contributed by atoms with Crippen LogP contribution >= 0.6 is 0 Å². The van der Waals surface area contributed by atoms with Gasteiger partial charge in [0.2, 0.25) is 8.32 Å². The van der Waals surface area contributed by atoms with Crippen LogP contribution in [0.15, 0.2) is 12.1 Å². The second-order valence-electron chi connectivity index (χ2n) is 8.96. The predicted octanol–water partition coefficient (Wildman–Crippen LogP) is 5.57. The first-order valence-corrected chi connectivity index (χ1v) is 12.1. The van der Waals surface area contributed by atoms with Gasteiger partial charge in [0.05, 0.1) is 5.92 Å². The van der Waals surface area contributed by atoms with E-state index >= 15 is 0 Å². The Bertz CT molecular complexity index is 658. The molecule has 3 rings (SSSR count). The minimum Gasteiger partial charge on any atom is -0.543 e. The second kappa shape index (κ2) is 5.90. The molecule has 0 unspecified atom stereocenters. The first-order valence-electron chi connectivity index (χ1n) is 9.15. The topological polar surface area (TPSA) is 35.5 Å². The smallest absolute Gasteiger partial charge is 0.314 e. The summed E-state index contributed by atoms with van der Waals surface area (Å²) in [5.41, 5.74) is 2.24. The summed E-state index contributed by atoms with van der Waals surface area (Å²) in [4.78, 5) is 12.4. The molecule has 1 saturated carbocycles. The summed E-state index contributed by atoms with van der Waals surface area (Å²) < 4.78 is 12.4. The molecule has 2 aliphatic rings. The lowest BCUT2D eigenvalue weighted by molar-refractivity contribution is -0.142. The number of carbonyl (C=O) groups is 1. The van der Waals surface area contributed by atoms with Crippen LogP contribution in [0.4, 0.5) is 0 Å². The number of carbonyl (C=O) groups excluding carboxylic acids is 1. The van der Waals surface area contributed by atoms with E-state index in [0.29, 0.717) is 0 Å². The number of ether oxygens (including phenoxy) is 1. The van der Waals surface area contributed by atoms with Gasteiger partial charge < -0.3 is 9.16 Å². The third-order valence-electron chi connectivity index (χ3n) is 6.07. The molecule has 1 aromatic carbocycles. The van der Waals surface area contributed by atoms with Crippen LogP contribution < -0.4 is 9.16 Å². The van der Waals surface area contributed by atoms with Gasteiger partial charge in [0.15, 0.2) is 0 Å². The largest absolute Gasteiger partial charge is 0.543 e. The summed E-state index contributed by atoms with van der Waals surface area (Å²) in [6.45, 7) is 13.4. The fourth-order valence-corrected chi connectivity index (χ4v) is 4.66. The Balaban J connectivity index is 2.07. The maximum absolute atomic E-state index is 12.4. The molecule has 0 amide bonds. The molecule has 4 heteroatoms. The van der Waals surface area contributed by atoms with Gasteiger partial charge in [-0.2, -0.15) is 0 Å². The number of benzene rings is 1. The first-order chi connectivity index (χ1) is 11.1. The zero-order valence-corrected chi connectivity index (χ0v) is 16.9. The number of fused-ring (bicyclic) bond motifs is 3. The molecule has 1 aliphatic heterocycles. The highest BCUT2D eigenvalue weighted by molar-refractivity contribution is 6.74. The molecule has 3 nitrogen and oxygen atoms in total. The molecule has 1 heterocycles. The van der Waals surface area contributed by atoms with Gasteiger partial charge in [-0.05, 0) is 55.6 Å². The van der Waals surface area contributed by atoms with E-state index in [0.717, 1.165) is 41.9 Å². The molecule has 1 aliphatic carbocycles. The van der Waals surface area contributed by atoms with Crippen molar-refractivity contribution in [1.29, 1.82) is 0 Å². The van der Waals surface area contributed by atoms with Crippen molar-refractivity contribution in [2.45, 2.75) is 77.4 Å². The van der Waals surface area contributed by atoms with Crippen LogP contribution in [0.5, 0.6) is 11.5 Å². The highest BCUT2D eigenvalue weighted by atomic mass is 28.4. The van der Waals surface area contributed by atoms with E-state index in [1.165, 1.54) is 6.42 Å². The fraction of sp³-hybridized carbons (Fsp3) is 0.650. The normalized spacial score (nSPS) is 24.0. The van der Waals surface area contributed by atoms with Crippen LogP contribution in [0.25, 0.3) is 0 Å². The monoisotopic (exact) mass is 346 g/mol. The summed E-state index contributed by atoms with van der Waals surface area (Å²) >= 11 is 0. The second-order valence-corrected chi connectivity index (χ2v) is 13.7. The number of rotatable bonds is 2. The lowest BCUT2D eigenvalue weighted by Crippen LogP contribution is -2.44. The Morgan fingerprint density at radius 3 is 2.38 bits per heavy atom. The molecule has 24 heavy (non-hydrogen) atoms. The van der Waals surface area contributed by atoms with Crippen LogP contribution in [0.1, 0.15) is 63.5 Å². The first kappa shape index (κ1) is 17.5. The van der Waals surface area contributed by atoms with Crippen LogP contribution in [-0.2, 0) is 4.79 Å². The van der Waals surface area contributed by atoms with Gasteiger partial charge in [-0.15, -0.1) is 0 Å². The third-order valence-corrected chi connectivity index (χ3v) is 10.4. The number of hydrogen-bond acceptors (Lipinski definition) is 3. The van der Waals surface area contributed by atoms with Gasteiger partial charge in [-0.1, -0.05) is 33.6 Å². The van der Waals surface area contributed by atoms with Crippen molar-refractivity contribution < 1.29 is 14.0 Å². The van der Waals surface area contributed by atoms with Crippen molar-refractivity contribution in [1.82, 2.24) is 0 Å². The van der Waals surface area contributed by atoms with E-state index in [1.54, 1.807) is 0 Å². The van der Waals surface area contributed by atoms with Crippen molar-refractivity contribution in [2.75, 3.05) is 0 Å². The maximum atomic E-state index is 12.4. The molecule has 0 radical (unpaired) electrons. The molecule has 0 N–H and O–H groups in total. The molecule has 0 saturated heterocycles. The number of aryl methyl sites for hydroxylation is 1. The zero-order chi connectivity index (χ0) is 17.7.